The summed E-state index contributed by atoms with van der Waals surface area (Å²) in [4.78, 5) is 31.8. The van der Waals surface area contributed by atoms with Crippen molar-refractivity contribution in [3.63, 3.8) is 0 Å². The first-order chi connectivity index (χ1) is 13.3. The molecule has 0 aliphatic carbocycles. The second kappa shape index (κ2) is 8.57. The minimum Gasteiger partial charge on any atom is -0.310 e. The summed E-state index contributed by atoms with van der Waals surface area (Å²) in [6.07, 6.45) is 0.545. The summed E-state index contributed by atoms with van der Waals surface area (Å²) >= 11 is 0. The van der Waals surface area contributed by atoms with Gasteiger partial charge in [-0.1, -0.05) is 30.3 Å². The van der Waals surface area contributed by atoms with Gasteiger partial charge in [0.1, 0.15) is 18.5 Å². The van der Waals surface area contributed by atoms with E-state index in [9.17, 15) is 9.59 Å². The number of carbonyl (C=O) groups excluding carboxylic acids is 2. The molecule has 2 saturated heterocycles. The smallest absolute Gasteiger partial charge is 0.310 e. The second-order valence-corrected chi connectivity index (χ2v) is 7.89. The van der Waals surface area contributed by atoms with Crippen LogP contribution in [0.1, 0.15) is 12.5 Å². The number of imide groups is 1. The lowest BCUT2D eigenvalue weighted by atomic mass is 10.1. The van der Waals surface area contributed by atoms with Gasteiger partial charge in [-0.25, -0.2) is 4.79 Å². The van der Waals surface area contributed by atoms with E-state index in [4.69, 9.17) is 0 Å². The first-order valence-electron chi connectivity index (χ1n) is 9.81. The number of amides is 3. The molecule has 0 radical (unpaired) electrons. The molecule has 8 heteroatoms. The highest BCUT2D eigenvalue weighted by Gasteiger charge is 2.51. The fraction of sp³-hybridized carbons (Fsp3) is 0.600. The van der Waals surface area contributed by atoms with Crippen LogP contribution >= 0.6 is 0 Å². The standard InChI is InChI=1S/C20H32N6O2/c1-14(13-15-9-7-6-8-10-15)23(2)12-11-21-19-22-17-16(24(19)3)18(27)26(5)20(28)25(17)4/h6-10,14,16-17,19,21-22H,11-13H2,1-5H3. The number of fused-ring (bicyclic) bond motifs is 1. The molecule has 3 amide bonds. The predicted octanol–water partition coefficient (Wildman–Crippen LogP) is 0.176. The molecule has 2 heterocycles. The Balaban J connectivity index is 1.50. The van der Waals surface area contributed by atoms with Crippen molar-refractivity contribution in [2.24, 2.45) is 0 Å². The molecule has 4 unspecified atom stereocenters. The van der Waals surface area contributed by atoms with Crippen LogP contribution in [0.5, 0.6) is 0 Å². The normalized spacial score (nSPS) is 26.9. The average Bonchev–Trinajstić information content (AvgIpc) is 3.02. The number of benzene rings is 1. The molecule has 0 aromatic heterocycles. The summed E-state index contributed by atoms with van der Waals surface area (Å²) in [6.45, 7) is 3.90. The zero-order chi connectivity index (χ0) is 20.4. The molecule has 0 bridgehead atoms. The third-order valence-electron chi connectivity index (χ3n) is 5.99. The van der Waals surface area contributed by atoms with Crippen LogP contribution in [0.2, 0.25) is 0 Å². The number of rotatable bonds is 7. The van der Waals surface area contributed by atoms with Gasteiger partial charge in [-0.2, -0.15) is 0 Å². The molecular formula is C20H32N6O2. The zero-order valence-corrected chi connectivity index (χ0v) is 17.4. The lowest BCUT2D eigenvalue weighted by Crippen LogP contribution is -2.64. The Labute approximate surface area is 167 Å². The van der Waals surface area contributed by atoms with E-state index in [-0.39, 0.29) is 30.4 Å². The second-order valence-electron chi connectivity index (χ2n) is 7.89. The monoisotopic (exact) mass is 388 g/mol. The van der Waals surface area contributed by atoms with Crippen LogP contribution in [0.3, 0.4) is 0 Å². The van der Waals surface area contributed by atoms with E-state index in [0.29, 0.717) is 6.04 Å². The van der Waals surface area contributed by atoms with Gasteiger partial charge in [0.2, 0.25) is 0 Å². The zero-order valence-electron chi connectivity index (χ0n) is 17.4. The van der Waals surface area contributed by atoms with E-state index in [1.807, 2.05) is 18.0 Å². The van der Waals surface area contributed by atoms with Gasteiger partial charge in [0, 0.05) is 33.2 Å². The van der Waals surface area contributed by atoms with Crippen molar-refractivity contribution in [3.05, 3.63) is 35.9 Å². The average molecular weight is 389 g/mol. The van der Waals surface area contributed by atoms with Crippen molar-refractivity contribution >= 4 is 11.9 Å². The van der Waals surface area contributed by atoms with Crippen molar-refractivity contribution < 1.29 is 9.59 Å². The number of hydrogen-bond donors (Lipinski definition) is 2. The van der Waals surface area contributed by atoms with Gasteiger partial charge >= 0.3 is 6.03 Å². The first-order valence-corrected chi connectivity index (χ1v) is 9.81. The van der Waals surface area contributed by atoms with Crippen LogP contribution in [0, 0.1) is 0 Å². The van der Waals surface area contributed by atoms with Crippen molar-refractivity contribution in [1.29, 1.82) is 0 Å². The van der Waals surface area contributed by atoms with Crippen LogP contribution in [0.15, 0.2) is 30.3 Å². The molecule has 0 saturated carbocycles. The van der Waals surface area contributed by atoms with Gasteiger partial charge in [0.05, 0.1) is 0 Å². The number of urea groups is 1. The Bertz CT molecular complexity index is 699. The van der Waals surface area contributed by atoms with E-state index in [0.717, 1.165) is 19.5 Å². The Morgan fingerprint density at radius 3 is 2.54 bits per heavy atom. The minimum absolute atomic E-state index is 0.154. The molecule has 4 atom stereocenters. The van der Waals surface area contributed by atoms with Crippen LogP contribution in [0.25, 0.3) is 0 Å². The number of hydrogen-bond acceptors (Lipinski definition) is 6. The molecule has 0 spiro atoms. The van der Waals surface area contributed by atoms with Crippen molar-refractivity contribution in [2.75, 3.05) is 41.3 Å². The van der Waals surface area contributed by atoms with E-state index < -0.39 is 0 Å². The van der Waals surface area contributed by atoms with E-state index in [1.54, 1.807) is 11.9 Å². The maximum absolute atomic E-state index is 12.5. The maximum atomic E-state index is 12.5. The van der Waals surface area contributed by atoms with Gasteiger partial charge in [-0.15, -0.1) is 0 Å². The van der Waals surface area contributed by atoms with Crippen molar-refractivity contribution in [1.82, 2.24) is 30.2 Å². The molecular weight excluding hydrogens is 356 g/mol. The Kier molecular flexibility index (Phi) is 6.34. The Hall–Kier alpha value is -2.00. The van der Waals surface area contributed by atoms with Crippen LogP contribution in [0.4, 0.5) is 4.79 Å². The highest BCUT2D eigenvalue weighted by Crippen LogP contribution is 2.23. The number of nitrogens with one attached hydrogen (secondary N) is 2. The van der Waals surface area contributed by atoms with Crippen LogP contribution in [-0.4, -0.2) is 97.4 Å². The van der Waals surface area contributed by atoms with Crippen molar-refractivity contribution in [2.45, 2.75) is 37.9 Å². The topological polar surface area (TPSA) is 71.2 Å². The van der Waals surface area contributed by atoms with Gasteiger partial charge in [-0.05, 0) is 33.0 Å². The molecule has 2 aliphatic heterocycles. The number of nitrogens with zero attached hydrogens (tertiary/aromatic N) is 4. The molecule has 2 N–H and O–H groups in total. The van der Waals surface area contributed by atoms with Gasteiger partial charge in [0.25, 0.3) is 5.91 Å². The van der Waals surface area contributed by atoms with E-state index >= 15 is 0 Å². The summed E-state index contributed by atoms with van der Waals surface area (Å²) in [5, 5.41) is 6.84. The summed E-state index contributed by atoms with van der Waals surface area (Å²) in [6, 6.07) is 10.3. The lowest BCUT2D eigenvalue weighted by Gasteiger charge is -2.38. The fourth-order valence-electron chi connectivity index (χ4n) is 3.95. The first kappa shape index (κ1) is 20.7. The van der Waals surface area contributed by atoms with Gasteiger partial charge in [-0.3, -0.25) is 25.2 Å². The summed E-state index contributed by atoms with van der Waals surface area (Å²) < 4.78 is 0. The molecule has 28 heavy (non-hydrogen) atoms. The van der Waals surface area contributed by atoms with E-state index in [1.165, 1.54) is 17.5 Å². The molecule has 1 aromatic carbocycles. The molecule has 154 valence electrons. The van der Waals surface area contributed by atoms with Crippen LogP contribution < -0.4 is 10.6 Å². The summed E-state index contributed by atoms with van der Waals surface area (Å²) in [5.41, 5.74) is 1.34. The molecule has 1 aromatic rings. The molecule has 3 rings (SSSR count). The molecule has 2 aliphatic rings. The number of likely N-dealkylation sites (N-methyl/N-ethyl adjacent to an activating group) is 4. The van der Waals surface area contributed by atoms with Crippen molar-refractivity contribution in [3.8, 4) is 0 Å². The highest BCUT2D eigenvalue weighted by atomic mass is 16.2. The van der Waals surface area contributed by atoms with Crippen LogP contribution in [-0.2, 0) is 11.2 Å². The van der Waals surface area contributed by atoms with Gasteiger partial charge in [0.15, 0.2) is 0 Å². The highest BCUT2D eigenvalue weighted by molar-refractivity contribution is 6.00. The lowest BCUT2D eigenvalue weighted by molar-refractivity contribution is -0.136. The SMILES string of the molecule is CC(Cc1ccccc1)N(C)CCNC1NC2C(C(=O)N(C)C(=O)N2C)N1C. The Morgan fingerprint density at radius 1 is 1.18 bits per heavy atom. The summed E-state index contributed by atoms with van der Waals surface area (Å²) in [5.74, 6) is -0.166. The van der Waals surface area contributed by atoms with E-state index in [2.05, 4.69) is 53.8 Å². The predicted molar refractivity (Wildman–Crippen MR) is 108 cm³/mol. The maximum Gasteiger partial charge on any atom is 0.327 e. The molecule has 2 fully saturated rings. The van der Waals surface area contributed by atoms with Gasteiger partial charge < -0.3 is 9.80 Å². The third-order valence-corrected chi connectivity index (χ3v) is 5.99. The quantitative estimate of drug-likeness (QED) is 0.694. The molecule has 8 nitrogen and oxygen atoms in total. The summed E-state index contributed by atoms with van der Waals surface area (Å²) in [7, 11) is 7.30. The number of carbonyl (C=O) groups is 2. The minimum atomic E-state index is -0.375. The largest absolute Gasteiger partial charge is 0.327 e. The Morgan fingerprint density at radius 2 is 1.86 bits per heavy atom. The third kappa shape index (κ3) is 4.05. The fourth-order valence-corrected chi connectivity index (χ4v) is 3.95.